The van der Waals surface area contributed by atoms with Crippen LogP contribution in [0.2, 0.25) is 0 Å². The highest BCUT2D eigenvalue weighted by atomic mass is 16.5. The van der Waals surface area contributed by atoms with Gasteiger partial charge in [-0.05, 0) is 42.5 Å². The smallest absolute Gasteiger partial charge is 0.246 e. The Kier molecular flexibility index (Phi) is 4.81. The molecule has 1 amide bonds. The van der Waals surface area contributed by atoms with Gasteiger partial charge in [-0.25, -0.2) is 4.68 Å². The number of ether oxygens (including phenoxy) is 2. The van der Waals surface area contributed by atoms with E-state index in [9.17, 15) is 4.79 Å². The van der Waals surface area contributed by atoms with Crippen molar-refractivity contribution in [3.05, 3.63) is 41.7 Å². The molecule has 25 heavy (non-hydrogen) atoms. The molecule has 6 heteroatoms. The number of carbonyl (C=O) groups excluding carboxylic acids is 1. The minimum Gasteiger partial charge on any atom is -0.497 e. The summed E-state index contributed by atoms with van der Waals surface area (Å²) in [5.74, 6) is 0.711. The third-order valence-electron chi connectivity index (χ3n) is 4.61. The minimum atomic E-state index is -0.103. The van der Waals surface area contributed by atoms with Crippen LogP contribution < -0.4 is 10.1 Å². The molecule has 0 unspecified atom stereocenters. The molecule has 1 aliphatic carbocycles. The fraction of sp³-hybridized carbons (Fsp3) is 0.474. The van der Waals surface area contributed by atoms with Crippen molar-refractivity contribution in [3.63, 3.8) is 0 Å². The monoisotopic (exact) mass is 343 g/mol. The van der Waals surface area contributed by atoms with Crippen LogP contribution in [0.1, 0.15) is 37.6 Å². The topological polar surface area (TPSA) is 65.4 Å². The summed E-state index contributed by atoms with van der Waals surface area (Å²) in [4.78, 5) is 12.0. The minimum absolute atomic E-state index is 0.0478. The van der Waals surface area contributed by atoms with E-state index in [1.807, 2.05) is 35.1 Å². The van der Waals surface area contributed by atoms with Crippen molar-refractivity contribution in [1.29, 1.82) is 0 Å². The van der Waals surface area contributed by atoms with E-state index in [0.29, 0.717) is 0 Å². The molecule has 2 aromatic rings. The van der Waals surface area contributed by atoms with Gasteiger partial charge in [0.25, 0.3) is 0 Å². The second-order valence-corrected chi connectivity index (χ2v) is 7.25. The van der Waals surface area contributed by atoms with Crippen LogP contribution in [-0.4, -0.2) is 36.5 Å². The Morgan fingerprint density at radius 1 is 1.32 bits per heavy atom. The zero-order chi connectivity index (χ0) is 18.0. The molecule has 134 valence electrons. The molecule has 3 rings (SSSR count). The van der Waals surface area contributed by atoms with E-state index in [4.69, 9.17) is 9.47 Å². The van der Waals surface area contributed by atoms with E-state index in [1.54, 1.807) is 7.11 Å². The Bertz CT molecular complexity index is 750. The van der Waals surface area contributed by atoms with E-state index in [-0.39, 0.29) is 24.0 Å². The number of hydrogen-bond donors (Lipinski definition) is 1. The predicted molar refractivity (Wildman–Crippen MR) is 95.0 cm³/mol. The molecule has 0 saturated heterocycles. The standard InChI is InChI=1S/C19H25N3O3/c1-19(2)9-16(21-18(23)12-24-3)15-11-20-22(17(15)10-19)13-5-7-14(25-4)8-6-13/h5-8,11,16H,9-10,12H2,1-4H3,(H,21,23)/t16-/m0/s1. The number of nitrogens with zero attached hydrogens (tertiary/aromatic N) is 2. The van der Waals surface area contributed by atoms with Crippen LogP contribution in [0.4, 0.5) is 0 Å². The van der Waals surface area contributed by atoms with Gasteiger partial charge in [0.05, 0.1) is 30.7 Å². The summed E-state index contributed by atoms with van der Waals surface area (Å²) >= 11 is 0. The first-order chi connectivity index (χ1) is 11.9. The van der Waals surface area contributed by atoms with Gasteiger partial charge in [-0.2, -0.15) is 5.10 Å². The predicted octanol–water partition coefficient (Wildman–Crippen LogP) is 2.66. The average molecular weight is 343 g/mol. The van der Waals surface area contributed by atoms with E-state index in [0.717, 1.165) is 35.5 Å². The summed E-state index contributed by atoms with van der Waals surface area (Å²) in [7, 11) is 3.18. The summed E-state index contributed by atoms with van der Waals surface area (Å²) in [6.45, 7) is 4.51. The van der Waals surface area contributed by atoms with Gasteiger partial charge >= 0.3 is 0 Å². The summed E-state index contributed by atoms with van der Waals surface area (Å²) in [5.41, 5.74) is 3.29. The maximum atomic E-state index is 12.0. The van der Waals surface area contributed by atoms with Crippen LogP contribution in [-0.2, 0) is 16.0 Å². The normalized spacial score (nSPS) is 18.5. The highest BCUT2D eigenvalue weighted by molar-refractivity contribution is 5.77. The number of methoxy groups -OCH3 is 2. The molecule has 1 N–H and O–H groups in total. The lowest BCUT2D eigenvalue weighted by Gasteiger charge is -2.36. The Balaban J connectivity index is 1.94. The zero-order valence-electron chi connectivity index (χ0n) is 15.2. The van der Waals surface area contributed by atoms with Crippen molar-refractivity contribution in [1.82, 2.24) is 15.1 Å². The first-order valence-electron chi connectivity index (χ1n) is 8.43. The molecule has 0 fully saturated rings. The van der Waals surface area contributed by atoms with Crippen molar-refractivity contribution in [2.45, 2.75) is 32.7 Å². The van der Waals surface area contributed by atoms with Crippen molar-refractivity contribution in [2.75, 3.05) is 20.8 Å². The molecule has 1 atom stereocenters. The van der Waals surface area contributed by atoms with Crippen LogP contribution >= 0.6 is 0 Å². The maximum Gasteiger partial charge on any atom is 0.246 e. The number of aromatic nitrogens is 2. The number of rotatable bonds is 5. The highest BCUT2D eigenvalue weighted by Gasteiger charge is 2.35. The van der Waals surface area contributed by atoms with Crippen molar-refractivity contribution < 1.29 is 14.3 Å². The first kappa shape index (κ1) is 17.5. The van der Waals surface area contributed by atoms with Crippen LogP contribution in [0.25, 0.3) is 5.69 Å². The van der Waals surface area contributed by atoms with Gasteiger partial charge in [-0.1, -0.05) is 13.8 Å². The molecule has 6 nitrogen and oxygen atoms in total. The van der Waals surface area contributed by atoms with Gasteiger partial charge in [-0.3, -0.25) is 4.79 Å². The van der Waals surface area contributed by atoms with Gasteiger partial charge in [0.15, 0.2) is 0 Å². The number of amides is 1. The lowest BCUT2D eigenvalue weighted by molar-refractivity contribution is -0.125. The third kappa shape index (κ3) is 3.69. The zero-order valence-corrected chi connectivity index (χ0v) is 15.2. The average Bonchev–Trinajstić information content (AvgIpc) is 2.97. The van der Waals surface area contributed by atoms with Gasteiger partial charge in [-0.15, -0.1) is 0 Å². The number of carbonyl (C=O) groups is 1. The Labute approximate surface area is 148 Å². The molecule has 0 saturated carbocycles. The molecular formula is C19H25N3O3. The quantitative estimate of drug-likeness (QED) is 0.906. The lowest BCUT2D eigenvalue weighted by Crippen LogP contribution is -2.38. The van der Waals surface area contributed by atoms with Crippen LogP contribution in [0.5, 0.6) is 5.75 Å². The van der Waals surface area contributed by atoms with Gasteiger partial charge in [0.1, 0.15) is 12.4 Å². The highest BCUT2D eigenvalue weighted by Crippen LogP contribution is 2.41. The fourth-order valence-electron chi connectivity index (χ4n) is 3.48. The number of nitrogens with one attached hydrogen (secondary N) is 1. The van der Waals surface area contributed by atoms with Crippen molar-refractivity contribution in [2.24, 2.45) is 5.41 Å². The van der Waals surface area contributed by atoms with Crippen LogP contribution in [0.15, 0.2) is 30.5 Å². The van der Waals surface area contributed by atoms with Crippen LogP contribution in [0, 0.1) is 5.41 Å². The maximum absolute atomic E-state index is 12.0. The Hall–Kier alpha value is -2.34. The van der Waals surface area contributed by atoms with Crippen LogP contribution in [0.3, 0.4) is 0 Å². The first-order valence-corrected chi connectivity index (χ1v) is 8.43. The lowest BCUT2D eigenvalue weighted by atomic mass is 9.74. The second kappa shape index (κ2) is 6.88. The Morgan fingerprint density at radius 3 is 2.68 bits per heavy atom. The van der Waals surface area contributed by atoms with Crippen molar-refractivity contribution in [3.8, 4) is 11.4 Å². The molecular weight excluding hydrogens is 318 g/mol. The summed E-state index contributed by atoms with van der Waals surface area (Å²) in [6, 6.07) is 7.79. The van der Waals surface area contributed by atoms with E-state index in [2.05, 4.69) is 24.3 Å². The molecule has 1 aliphatic rings. The summed E-state index contributed by atoms with van der Waals surface area (Å²) in [6.07, 6.45) is 3.65. The van der Waals surface area contributed by atoms with E-state index in [1.165, 1.54) is 7.11 Å². The molecule has 1 aromatic heterocycles. The molecule has 1 heterocycles. The SMILES string of the molecule is COCC(=O)N[C@H]1CC(C)(C)Cc2c1cnn2-c1ccc(OC)cc1. The number of benzene rings is 1. The van der Waals surface area contributed by atoms with Crippen molar-refractivity contribution >= 4 is 5.91 Å². The number of fused-ring (bicyclic) bond motifs is 1. The van der Waals surface area contributed by atoms with E-state index >= 15 is 0 Å². The fourth-order valence-corrected chi connectivity index (χ4v) is 3.48. The molecule has 0 aliphatic heterocycles. The van der Waals surface area contributed by atoms with Gasteiger partial charge in [0.2, 0.25) is 5.91 Å². The summed E-state index contributed by atoms with van der Waals surface area (Å²) in [5, 5.41) is 7.66. The summed E-state index contributed by atoms with van der Waals surface area (Å²) < 4.78 is 12.1. The van der Waals surface area contributed by atoms with Gasteiger partial charge < -0.3 is 14.8 Å². The third-order valence-corrected chi connectivity index (χ3v) is 4.61. The molecule has 0 spiro atoms. The second-order valence-electron chi connectivity index (χ2n) is 7.25. The largest absolute Gasteiger partial charge is 0.497 e. The van der Waals surface area contributed by atoms with Gasteiger partial charge in [0, 0.05) is 12.7 Å². The molecule has 1 aromatic carbocycles. The Morgan fingerprint density at radius 2 is 2.04 bits per heavy atom. The number of hydrogen-bond acceptors (Lipinski definition) is 4. The molecule has 0 bridgehead atoms. The van der Waals surface area contributed by atoms with E-state index < -0.39 is 0 Å². The molecule has 0 radical (unpaired) electrons.